The maximum atomic E-state index is 12.9. The second-order valence-corrected chi connectivity index (χ2v) is 10.5. The Labute approximate surface area is 228 Å². The van der Waals surface area contributed by atoms with Crippen molar-refractivity contribution in [2.45, 2.75) is 5.60 Å². The number of hydrogen-bond acceptors (Lipinski definition) is 5. The molecule has 38 heavy (non-hydrogen) atoms. The summed E-state index contributed by atoms with van der Waals surface area (Å²) in [5.74, 6) is 0. The number of hydrogen-bond donors (Lipinski definition) is 1. The molecule has 3 heterocycles. The molecule has 0 aliphatic heterocycles. The highest BCUT2D eigenvalue weighted by molar-refractivity contribution is 7.13. The fraction of sp³-hybridized carbons (Fsp3) is 0.100. The quantitative estimate of drug-likeness (QED) is 0.292. The van der Waals surface area contributed by atoms with Gasteiger partial charge in [0.1, 0.15) is 5.01 Å². The fourth-order valence-electron chi connectivity index (χ4n) is 4.86. The van der Waals surface area contributed by atoms with Gasteiger partial charge in [0.2, 0.25) is 0 Å². The zero-order chi connectivity index (χ0) is 26.4. The molecule has 0 radical (unpaired) electrons. The van der Waals surface area contributed by atoms with E-state index in [9.17, 15) is 9.90 Å². The number of rotatable bonds is 5. The van der Waals surface area contributed by atoms with Crippen molar-refractivity contribution < 1.29 is 5.11 Å². The van der Waals surface area contributed by atoms with E-state index in [0.29, 0.717) is 21.8 Å². The summed E-state index contributed by atoms with van der Waals surface area (Å²) in [7, 11) is 3.60. The zero-order valence-electron chi connectivity index (χ0n) is 20.7. The SMILES string of the molecule is Cn1cncc1C(O)(c1ccc(Cl)cc1)c1ccc2c(c1)c(-c1nc(-c3ccccc3)cs1)cc(=O)n2C. The Hall–Kier alpha value is -4.04. The molecule has 8 heteroatoms. The first kappa shape index (κ1) is 24.3. The molecule has 0 bridgehead atoms. The molecule has 6 aromatic rings. The normalized spacial score (nSPS) is 13.1. The van der Waals surface area contributed by atoms with E-state index in [1.54, 1.807) is 46.9 Å². The van der Waals surface area contributed by atoms with Gasteiger partial charge in [0.15, 0.2) is 5.60 Å². The van der Waals surface area contributed by atoms with Crippen molar-refractivity contribution in [3.63, 3.8) is 0 Å². The number of aryl methyl sites for hydroxylation is 2. The van der Waals surface area contributed by atoms with Crippen LogP contribution in [-0.4, -0.2) is 24.2 Å². The van der Waals surface area contributed by atoms with E-state index in [1.165, 1.54) is 11.3 Å². The highest BCUT2D eigenvalue weighted by Gasteiger charge is 2.37. The molecule has 6 rings (SSSR count). The van der Waals surface area contributed by atoms with Crippen LogP contribution in [0.15, 0.2) is 102 Å². The third-order valence-corrected chi connectivity index (χ3v) is 8.05. The molecule has 1 N–H and O–H groups in total. The van der Waals surface area contributed by atoms with Gasteiger partial charge in [0, 0.05) is 47.1 Å². The van der Waals surface area contributed by atoms with E-state index < -0.39 is 5.60 Å². The summed E-state index contributed by atoms with van der Waals surface area (Å²) in [6, 6.07) is 24.4. The minimum atomic E-state index is -1.52. The van der Waals surface area contributed by atoms with E-state index in [-0.39, 0.29) is 5.56 Å². The standard InChI is InChI=1S/C30H23ClN4O2S/c1-34-18-32-16-27(34)30(37,20-8-11-22(31)12-9-20)21-10-13-26-23(14-21)24(15-28(36)35(26)2)29-33-25(17-38-29)19-6-4-3-5-7-19/h3-18,37H,1-2H3. The molecule has 188 valence electrons. The number of aromatic nitrogens is 4. The van der Waals surface area contributed by atoms with Crippen LogP contribution >= 0.6 is 22.9 Å². The van der Waals surface area contributed by atoms with Crippen LogP contribution in [0.5, 0.6) is 0 Å². The van der Waals surface area contributed by atoms with Gasteiger partial charge in [-0.25, -0.2) is 9.97 Å². The van der Waals surface area contributed by atoms with E-state index in [0.717, 1.165) is 32.7 Å². The first-order valence-corrected chi connectivity index (χ1v) is 13.2. The summed E-state index contributed by atoms with van der Waals surface area (Å²) in [5.41, 5.74) is 3.57. The van der Waals surface area contributed by atoms with Crippen molar-refractivity contribution in [1.82, 2.24) is 19.1 Å². The Kier molecular flexibility index (Phi) is 5.99. The average Bonchev–Trinajstić information content (AvgIpc) is 3.61. The molecule has 0 saturated carbocycles. The van der Waals surface area contributed by atoms with Crippen molar-refractivity contribution in [3.8, 4) is 21.8 Å². The van der Waals surface area contributed by atoms with Gasteiger partial charge >= 0.3 is 0 Å². The Balaban J connectivity index is 1.60. The summed E-state index contributed by atoms with van der Waals surface area (Å²) >= 11 is 7.66. The summed E-state index contributed by atoms with van der Waals surface area (Å²) < 4.78 is 3.41. The van der Waals surface area contributed by atoms with Crippen molar-refractivity contribution in [2.24, 2.45) is 14.1 Å². The number of nitrogens with zero attached hydrogens (tertiary/aromatic N) is 4. The minimum absolute atomic E-state index is 0.128. The predicted octanol–water partition coefficient (Wildman–Crippen LogP) is 6.00. The zero-order valence-corrected chi connectivity index (χ0v) is 22.2. The van der Waals surface area contributed by atoms with Crippen LogP contribution in [-0.2, 0) is 19.7 Å². The summed E-state index contributed by atoms with van der Waals surface area (Å²) in [6.45, 7) is 0. The molecular weight excluding hydrogens is 516 g/mol. The molecule has 1 atom stereocenters. The monoisotopic (exact) mass is 538 g/mol. The minimum Gasteiger partial charge on any atom is -0.374 e. The van der Waals surface area contributed by atoms with Gasteiger partial charge in [-0.2, -0.15) is 0 Å². The second-order valence-electron chi connectivity index (χ2n) is 9.20. The van der Waals surface area contributed by atoms with Gasteiger partial charge in [-0.3, -0.25) is 4.79 Å². The summed E-state index contributed by atoms with van der Waals surface area (Å²) in [5, 5.41) is 16.5. The Morgan fingerprint density at radius 3 is 2.39 bits per heavy atom. The third-order valence-electron chi connectivity index (χ3n) is 6.92. The molecule has 0 saturated heterocycles. The molecule has 0 aliphatic carbocycles. The van der Waals surface area contributed by atoms with Crippen molar-refractivity contribution >= 4 is 33.8 Å². The number of halogens is 1. The lowest BCUT2D eigenvalue weighted by Crippen LogP contribution is -2.31. The molecule has 0 spiro atoms. The number of fused-ring (bicyclic) bond motifs is 1. The third kappa shape index (κ3) is 3.96. The van der Waals surface area contributed by atoms with Gasteiger partial charge < -0.3 is 14.2 Å². The van der Waals surface area contributed by atoms with Crippen LogP contribution in [0.4, 0.5) is 0 Å². The van der Waals surface area contributed by atoms with Gasteiger partial charge in [-0.05, 0) is 35.4 Å². The lowest BCUT2D eigenvalue weighted by Gasteiger charge is -2.30. The Bertz CT molecular complexity index is 1840. The van der Waals surface area contributed by atoms with E-state index in [1.807, 2.05) is 73.1 Å². The molecule has 3 aromatic carbocycles. The van der Waals surface area contributed by atoms with Crippen LogP contribution in [0.1, 0.15) is 16.8 Å². The highest BCUT2D eigenvalue weighted by Crippen LogP contribution is 2.40. The molecule has 6 nitrogen and oxygen atoms in total. The fourth-order valence-corrected chi connectivity index (χ4v) is 5.85. The van der Waals surface area contributed by atoms with Crippen LogP contribution in [0.2, 0.25) is 5.02 Å². The van der Waals surface area contributed by atoms with Gasteiger partial charge in [-0.1, -0.05) is 60.1 Å². The van der Waals surface area contributed by atoms with E-state index >= 15 is 0 Å². The van der Waals surface area contributed by atoms with Crippen LogP contribution < -0.4 is 5.56 Å². The maximum absolute atomic E-state index is 12.9. The highest BCUT2D eigenvalue weighted by atomic mass is 35.5. The summed E-state index contributed by atoms with van der Waals surface area (Å²) in [6.07, 6.45) is 3.32. The molecular formula is C30H23ClN4O2S. The smallest absolute Gasteiger partial charge is 0.251 e. The van der Waals surface area contributed by atoms with Crippen LogP contribution in [0.3, 0.4) is 0 Å². The van der Waals surface area contributed by atoms with E-state index in [4.69, 9.17) is 16.6 Å². The number of aliphatic hydroxyl groups is 1. The van der Waals surface area contributed by atoms with Crippen molar-refractivity contribution in [3.05, 3.63) is 129 Å². The molecule has 0 aliphatic rings. The van der Waals surface area contributed by atoms with Crippen LogP contribution in [0, 0.1) is 0 Å². The van der Waals surface area contributed by atoms with Crippen LogP contribution in [0.25, 0.3) is 32.7 Å². The average molecular weight is 539 g/mol. The van der Waals surface area contributed by atoms with Gasteiger partial charge in [-0.15, -0.1) is 11.3 Å². The number of imidazole rings is 1. The molecule has 1 unspecified atom stereocenters. The van der Waals surface area contributed by atoms with Crippen molar-refractivity contribution in [1.29, 1.82) is 0 Å². The van der Waals surface area contributed by atoms with E-state index in [2.05, 4.69) is 4.98 Å². The largest absolute Gasteiger partial charge is 0.374 e. The topological polar surface area (TPSA) is 72.9 Å². The Morgan fingerprint density at radius 2 is 1.68 bits per heavy atom. The molecule has 0 amide bonds. The summed E-state index contributed by atoms with van der Waals surface area (Å²) in [4.78, 5) is 22.1. The second kappa shape index (κ2) is 9.36. The molecule has 3 aromatic heterocycles. The number of thiazole rings is 1. The lowest BCUT2D eigenvalue weighted by atomic mass is 9.82. The number of benzene rings is 3. The predicted molar refractivity (Wildman–Crippen MR) is 152 cm³/mol. The first-order chi connectivity index (χ1) is 18.4. The van der Waals surface area contributed by atoms with Gasteiger partial charge in [0.25, 0.3) is 5.56 Å². The number of pyridine rings is 1. The lowest BCUT2D eigenvalue weighted by molar-refractivity contribution is 0.117. The van der Waals surface area contributed by atoms with Gasteiger partial charge in [0.05, 0.1) is 29.4 Å². The first-order valence-electron chi connectivity index (χ1n) is 12.0. The Morgan fingerprint density at radius 1 is 0.947 bits per heavy atom. The maximum Gasteiger partial charge on any atom is 0.251 e. The molecule has 0 fully saturated rings. The van der Waals surface area contributed by atoms with Crippen molar-refractivity contribution in [2.75, 3.05) is 0 Å².